The molecule has 2 N–H and O–H groups in total. The minimum absolute atomic E-state index is 0.0771. The first-order chi connectivity index (χ1) is 21.7. The number of carbonyl (C=O) groups is 4. The molecule has 1 heterocycles. The van der Waals surface area contributed by atoms with Crippen LogP contribution in [0.4, 0.5) is 5.69 Å². The van der Waals surface area contributed by atoms with E-state index < -0.39 is 35.7 Å². The largest absolute Gasteiger partial charge is 0.341 e. The zero-order chi connectivity index (χ0) is 34.6. The Hall–Kier alpha value is -4.42. The maximum Gasteiger partial charge on any atom is 0.252 e. The van der Waals surface area contributed by atoms with Crippen LogP contribution in [-0.2, 0) is 14.4 Å². The monoisotopic (exact) mass is 647 g/mol. The van der Waals surface area contributed by atoms with Crippen LogP contribution in [0.5, 0.6) is 0 Å². The molecule has 1 aliphatic rings. The molecule has 3 atom stereocenters. The fourth-order valence-corrected chi connectivity index (χ4v) is 4.84. The van der Waals surface area contributed by atoms with Crippen molar-refractivity contribution in [2.45, 2.75) is 67.0 Å². The molecule has 4 rings (SSSR count). The molecule has 0 radical (unpaired) electrons. The Bertz CT molecular complexity index is 1540. The van der Waals surface area contributed by atoms with Gasteiger partial charge in [-0.3, -0.25) is 19.2 Å². The van der Waals surface area contributed by atoms with Gasteiger partial charge in [-0.25, -0.2) is 0 Å². The predicted octanol–water partition coefficient (Wildman–Crippen LogP) is 6.53. The van der Waals surface area contributed by atoms with Gasteiger partial charge >= 0.3 is 0 Å². The molecule has 246 valence electrons. The van der Waals surface area contributed by atoms with Gasteiger partial charge in [0.05, 0.1) is 18.5 Å². The fourth-order valence-electron chi connectivity index (χ4n) is 4.67. The lowest BCUT2D eigenvalue weighted by Gasteiger charge is -2.26. The summed E-state index contributed by atoms with van der Waals surface area (Å²) in [5, 5.41) is 17.1. The molecule has 1 saturated heterocycles. The second-order valence-corrected chi connectivity index (χ2v) is 13.0. The maximum absolute atomic E-state index is 13.0. The number of benzene rings is 3. The molecule has 4 amide bonds. The topological polar surface area (TPSA) is 123 Å². The quantitative estimate of drug-likeness (QED) is 0.302. The highest BCUT2D eigenvalue weighted by Crippen LogP contribution is 2.25. The predicted molar refractivity (Wildman–Crippen MR) is 184 cm³/mol. The van der Waals surface area contributed by atoms with Gasteiger partial charge in [0.25, 0.3) is 5.91 Å². The van der Waals surface area contributed by atoms with E-state index in [9.17, 15) is 24.4 Å². The molecule has 10 heteroatoms. The lowest BCUT2D eigenvalue weighted by Crippen LogP contribution is -2.49. The molecule has 3 aromatic carbocycles. The number of anilines is 1. The van der Waals surface area contributed by atoms with E-state index in [0.29, 0.717) is 27.1 Å². The lowest BCUT2D eigenvalue weighted by atomic mass is 10.0. The van der Waals surface area contributed by atoms with Crippen LogP contribution in [0.3, 0.4) is 0 Å². The Kier molecular flexibility index (Phi) is 14.2. The van der Waals surface area contributed by atoms with Crippen LogP contribution >= 0.6 is 11.6 Å². The Morgan fingerprint density at radius 1 is 1.02 bits per heavy atom. The molecule has 0 spiro atoms. The van der Waals surface area contributed by atoms with E-state index in [4.69, 9.17) is 11.6 Å². The summed E-state index contributed by atoms with van der Waals surface area (Å²) >= 11 is 6.11. The molecule has 0 bridgehead atoms. The normalized spacial score (nSPS) is 16.0. The number of nitrogens with one attached hydrogen (secondary N) is 2. The SMILES string of the molecule is CC.CC(C)(C)C.CC(NC(=O)c1cccc2ccc(Cl)cc12)C(=O)N(C)CC(=O)N1CC(C(=O)Nc2ccccc2)CC1C#N. The van der Waals surface area contributed by atoms with E-state index in [-0.39, 0.29) is 25.4 Å². The maximum atomic E-state index is 13.0. The van der Waals surface area contributed by atoms with E-state index >= 15 is 0 Å². The number of rotatable bonds is 7. The Labute approximate surface area is 277 Å². The Morgan fingerprint density at radius 3 is 2.26 bits per heavy atom. The van der Waals surface area contributed by atoms with Gasteiger partial charge in [0.1, 0.15) is 12.1 Å². The number of likely N-dealkylation sites (tertiary alicyclic amines) is 1. The van der Waals surface area contributed by atoms with Crippen LogP contribution in [0, 0.1) is 22.7 Å². The van der Waals surface area contributed by atoms with Crippen molar-refractivity contribution in [1.82, 2.24) is 15.1 Å². The summed E-state index contributed by atoms with van der Waals surface area (Å²) in [6, 6.07) is 19.8. The second kappa shape index (κ2) is 17.3. The van der Waals surface area contributed by atoms with Gasteiger partial charge in [-0.05, 0) is 59.9 Å². The molecule has 0 saturated carbocycles. The number of nitriles is 1. The van der Waals surface area contributed by atoms with Crippen LogP contribution in [0.1, 0.15) is 65.2 Å². The number of carbonyl (C=O) groups excluding carboxylic acids is 4. The Balaban J connectivity index is 0.000000959. The molecular formula is C36H46ClN5O4. The number of hydrogen-bond acceptors (Lipinski definition) is 5. The van der Waals surface area contributed by atoms with Crippen LogP contribution in [0.25, 0.3) is 10.8 Å². The van der Waals surface area contributed by atoms with Gasteiger partial charge in [0.15, 0.2) is 0 Å². The van der Waals surface area contributed by atoms with Crippen molar-refractivity contribution in [3.8, 4) is 6.07 Å². The van der Waals surface area contributed by atoms with Crippen LogP contribution in [0.15, 0.2) is 66.7 Å². The van der Waals surface area contributed by atoms with Crippen molar-refractivity contribution >= 4 is 51.7 Å². The molecule has 3 aromatic rings. The van der Waals surface area contributed by atoms with E-state index in [1.807, 2.05) is 32.0 Å². The fraction of sp³-hybridized carbons (Fsp3) is 0.417. The number of nitrogens with zero attached hydrogens (tertiary/aromatic N) is 3. The summed E-state index contributed by atoms with van der Waals surface area (Å²) in [7, 11) is 1.46. The van der Waals surface area contributed by atoms with Crippen molar-refractivity contribution < 1.29 is 19.2 Å². The number of amides is 4. The molecule has 0 aliphatic carbocycles. The van der Waals surface area contributed by atoms with Crippen molar-refractivity contribution in [1.29, 1.82) is 5.26 Å². The number of likely N-dealkylation sites (N-methyl/N-ethyl adjacent to an activating group) is 1. The summed E-state index contributed by atoms with van der Waals surface area (Å²) in [5.41, 5.74) is 1.51. The summed E-state index contributed by atoms with van der Waals surface area (Å²) in [6.07, 6.45) is 0.208. The third-order valence-corrected chi connectivity index (χ3v) is 6.97. The molecule has 9 nitrogen and oxygen atoms in total. The summed E-state index contributed by atoms with van der Waals surface area (Å²) in [6.45, 7) is 14.1. The van der Waals surface area contributed by atoms with E-state index in [2.05, 4.69) is 44.4 Å². The first-order valence-electron chi connectivity index (χ1n) is 15.5. The zero-order valence-corrected chi connectivity index (χ0v) is 28.8. The Morgan fingerprint density at radius 2 is 1.65 bits per heavy atom. The third-order valence-electron chi connectivity index (χ3n) is 6.74. The van der Waals surface area contributed by atoms with Crippen LogP contribution < -0.4 is 10.6 Å². The molecule has 46 heavy (non-hydrogen) atoms. The highest BCUT2D eigenvalue weighted by atomic mass is 35.5. The van der Waals surface area contributed by atoms with Crippen molar-refractivity contribution in [2.75, 3.05) is 25.5 Å². The van der Waals surface area contributed by atoms with Crippen molar-refractivity contribution in [3.05, 3.63) is 77.3 Å². The highest BCUT2D eigenvalue weighted by molar-refractivity contribution is 6.31. The first-order valence-corrected chi connectivity index (χ1v) is 15.8. The molecule has 1 fully saturated rings. The van der Waals surface area contributed by atoms with Gasteiger partial charge in [0, 0.05) is 29.9 Å². The van der Waals surface area contributed by atoms with E-state index in [1.165, 1.54) is 23.8 Å². The minimum atomic E-state index is -0.917. The standard InChI is InChI=1S/C29H28ClN5O4.C5H12.C2H6/c1-18(32-28(38)24-10-6-7-19-11-12-21(30)14-25(19)24)29(39)34(2)17-26(36)35-16-20(13-23(35)15-31)27(37)33-22-8-4-3-5-9-22;1-5(2,3)4;1-2/h3-12,14,18,20,23H,13,16-17H2,1-2H3,(H,32,38)(H,33,37);1-4H3;1-2H3. The van der Waals surface area contributed by atoms with Crippen LogP contribution in [0.2, 0.25) is 5.02 Å². The van der Waals surface area contributed by atoms with Crippen LogP contribution in [-0.4, -0.2) is 65.6 Å². The smallest absolute Gasteiger partial charge is 0.252 e. The summed E-state index contributed by atoms with van der Waals surface area (Å²) < 4.78 is 0. The summed E-state index contributed by atoms with van der Waals surface area (Å²) in [5.74, 6) is -2.19. The zero-order valence-electron chi connectivity index (χ0n) is 28.1. The highest BCUT2D eigenvalue weighted by Gasteiger charge is 2.39. The third kappa shape index (κ3) is 11.2. The molecule has 3 unspecified atom stereocenters. The average molecular weight is 648 g/mol. The van der Waals surface area contributed by atoms with Gasteiger partial charge in [0.2, 0.25) is 17.7 Å². The number of hydrogen-bond donors (Lipinski definition) is 2. The molecule has 0 aromatic heterocycles. The lowest BCUT2D eigenvalue weighted by molar-refractivity contribution is -0.140. The second-order valence-electron chi connectivity index (χ2n) is 12.5. The number of fused-ring (bicyclic) bond motifs is 1. The summed E-state index contributed by atoms with van der Waals surface area (Å²) in [4.78, 5) is 54.3. The number of para-hydroxylation sites is 1. The van der Waals surface area contributed by atoms with Gasteiger partial charge in [-0.1, -0.05) is 89.5 Å². The van der Waals surface area contributed by atoms with Gasteiger partial charge in [-0.15, -0.1) is 0 Å². The number of halogens is 1. The minimum Gasteiger partial charge on any atom is -0.341 e. The first kappa shape index (κ1) is 37.8. The van der Waals surface area contributed by atoms with E-state index in [1.54, 1.807) is 48.5 Å². The van der Waals surface area contributed by atoms with Crippen molar-refractivity contribution in [2.24, 2.45) is 11.3 Å². The molecular weight excluding hydrogens is 602 g/mol. The molecule has 1 aliphatic heterocycles. The van der Waals surface area contributed by atoms with Crippen molar-refractivity contribution in [3.63, 3.8) is 0 Å². The van der Waals surface area contributed by atoms with Gasteiger partial charge in [-0.2, -0.15) is 5.26 Å². The average Bonchev–Trinajstić information content (AvgIpc) is 3.46. The van der Waals surface area contributed by atoms with Gasteiger partial charge < -0.3 is 20.4 Å². The van der Waals surface area contributed by atoms with E-state index in [0.717, 1.165) is 5.39 Å².